The van der Waals surface area contributed by atoms with E-state index in [1.54, 1.807) is 0 Å². The van der Waals surface area contributed by atoms with Gasteiger partial charge in [-0.3, -0.25) is 14.4 Å². The molecule has 1 heterocycles. The molecule has 0 unspecified atom stereocenters. The number of amides is 2. The standard InChI is InChI=1S/C7H11N3O4/c1-3(8)6(12)9-5-4(11)2-14-10-7(5)13/h3,11H,2,8H2,1H3,(H,9,12)(H,10,13)/t3-/m0/s1. The minimum atomic E-state index is -0.758. The summed E-state index contributed by atoms with van der Waals surface area (Å²) >= 11 is 0. The summed E-state index contributed by atoms with van der Waals surface area (Å²) < 4.78 is 0. The van der Waals surface area contributed by atoms with Crippen LogP contribution in [0, 0.1) is 0 Å². The van der Waals surface area contributed by atoms with E-state index < -0.39 is 17.9 Å². The number of carbonyl (C=O) groups is 2. The van der Waals surface area contributed by atoms with Crippen LogP contribution in [0.2, 0.25) is 0 Å². The zero-order valence-electron chi connectivity index (χ0n) is 7.53. The number of hydrogen-bond donors (Lipinski definition) is 4. The molecule has 0 aromatic rings. The van der Waals surface area contributed by atoms with Crippen LogP contribution in [0.3, 0.4) is 0 Å². The quantitative estimate of drug-likeness (QED) is 0.424. The molecule has 0 bridgehead atoms. The molecule has 14 heavy (non-hydrogen) atoms. The van der Waals surface area contributed by atoms with Gasteiger partial charge < -0.3 is 16.2 Å². The Labute approximate surface area is 79.9 Å². The SMILES string of the molecule is C[C@H](N)C(=O)NC1=C(O)CONC1=O. The summed E-state index contributed by atoms with van der Waals surface area (Å²) in [5, 5.41) is 11.4. The van der Waals surface area contributed by atoms with E-state index in [9.17, 15) is 14.7 Å². The van der Waals surface area contributed by atoms with E-state index >= 15 is 0 Å². The Hall–Kier alpha value is -1.60. The van der Waals surface area contributed by atoms with Crippen LogP contribution >= 0.6 is 0 Å². The van der Waals surface area contributed by atoms with Gasteiger partial charge >= 0.3 is 0 Å². The number of aliphatic hydroxyl groups excluding tert-OH is 1. The number of nitrogens with two attached hydrogens (primary N) is 1. The maximum atomic E-state index is 11.1. The molecule has 0 spiro atoms. The summed E-state index contributed by atoms with van der Waals surface area (Å²) in [6.07, 6.45) is 0. The van der Waals surface area contributed by atoms with Crippen molar-refractivity contribution in [2.45, 2.75) is 13.0 Å². The second-order valence-corrected chi connectivity index (χ2v) is 2.82. The number of rotatable bonds is 2. The molecule has 1 rings (SSSR count). The summed E-state index contributed by atoms with van der Waals surface area (Å²) in [4.78, 5) is 26.6. The van der Waals surface area contributed by atoms with Crippen molar-refractivity contribution < 1.29 is 19.5 Å². The Bertz CT molecular complexity index is 297. The number of carbonyl (C=O) groups excluding carboxylic acids is 2. The number of hydrogen-bond acceptors (Lipinski definition) is 5. The second-order valence-electron chi connectivity index (χ2n) is 2.82. The molecule has 0 saturated heterocycles. The Morgan fingerprint density at radius 1 is 1.79 bits per heavy atom. The average Bonchev–Trinajstić information content (AvgIpc) is 2.11. The first-order chi connectivity index (χ1) is 6.52. The van der Waals surface area contributed by atoms with E-state index in [0.717, 1.165) is 0 Å². The summed E-state index contributed by atoms with van der Waals surface area (Å²) in [6, 6.07) is -0.758. The highest BCUT2D eigenvalue weighted by Gasteiger charge is 2.23. The molecular weight excluding hydrogens is 190 g/mol. The lowest BCUT2D eigenvalue weighted by molar-refractivity contribution is -0.134. The maximum Gasteiger partial charge on any atom is 0.294 e. The molecule has 7 nitrogen and oxygen atoms in total. The summed E-state index contributed by atoms with van der Waals surface area (Å²) in [7, 11) is 0. The van der Waals surface area contributed by atoms with Crippen LogP contribution in [0.25, 0.3) is 0 Å². The molecule has 1 aliphatic rings. The Morgan fingerprint density at radius 2 is 2.43 bits per heavy atom. The minimum absolute atomic E-state index is 0.180. The molecule has 0 aromatic heterocycles. The van der Waals surface area contributed by atoms with Crippen molar-refractivity contribution in [3.63, 3.8) is 0 Å². The fourth-order valence-electron chi connectivity index (χ4n) is 0.790. The average molecular weight is 201 g/mol. The van der Waals surface area contributed by atoms with Crippen LogP contribution in [0.4, 0.5) is 0 Å². The predicted octanol–water partition coefficient (Wildman–Crippen LogP) is -1.72. The lowest BCUT2D eigenvalue weighted by atomic mass is 10.3. The molecule has 7 heteroatoms. The number of aliphatic hydroxyl groups is 1. The topological polar surface area (TPSA) is 114 Å². The number of nitrogens with one attached hydrogen (secondary N) is 2. The van der Waals surface area contributed by atoms with E-state index in [1.165, 1.54) is 6.92 Å². The van der Waals surface area contributed by atoms with Gasteiger partial charge in [-0.1, -0.05) is 0 Å². The van der Waals surface area contributed by atoms with Gasteiger partial charge in [0.2, 0.25) is 5.91 Å². The van der Waals surface area contributed by atoms with Gasteiger partial charge in [-0.15, -0.1) is 0 Å². The van der Waals surface area contributed by atoms with Crippen LogP contribution in [0.15, 0.2) is 11.5 Å². The molecule has 1 atom stereocenters. The summed E-state index contributed by atoms with van der Waals surface area (Å²) in [5.74, 6) is -1.59. The highest BCUT2D eigenvalue weighted by Crippen LogP contribution is 2.03. The largest absolute Gasteiger partial charge is 0.507 e. The van der Waals surface area contributed by atoms with Gasteiger partial charge in [-0.25, -0.2) is 5.48 Å². The van der Waals surface area contributed by atoms with Crippen molar-refractivity contribution in [3.8, 4) is 0 Å². The summed E-state index contributed by atoms with van der Waals surface area (Å²) in [5.41, 5.74) is 7.04. The van der Waals surface area contributed by atoms with Gasteiger partial charge in [0.15, 0.2) is 0 Å². The van der Waals surface area contributed by atoms with Gasteiger partial charge in [0.1, 0.15) is 18.1 Å². The molecule has 2 amide bonds. The molecule has 0 saturated carbocycles. The molecule has 0 radical (unpaired) electrons. The van der Waals surface area contributed by atoms with Crippen LogP contribution in [0.5, 0.6) is 0 Å². The summed E-state index contributed by atoms with van der Waals surface area (Å²) in [6.45, 7) is 1.28. The maximum absolute atomic E-state index is 11.1. The molecule has 0 aliphatic carbocycles. The van der Waals surface area contributed by atoms with Gasteiger partial charge in [0, 0.05) is 0 Å². The van der Waals surface area contributed by atoms with Crippen LogP contribution in [0.1, 0.15) is 6.92 Å². The zero-order valence-corrected chi connectivity index (χ0v) is 7.53. The van der Waals surface area contributed by atoms with Crippen LogP contribution in [-0.2, 0) is 14.4 Å². The third kappa shape index (κ3) is 2.21. The fraction of sp³-hybridized carbons (Fsp3) is 0.429. The first-order valence-electron chi connectivity index (χ1n) is 3.93. The normalized spacial score (nSPS) is 18.9. The molecular formula is C7H11N3O4. The third-order valence-electron chi connectivity index (χ3n) is 1.55. The van der Waals surface area contributed by atoms with Gasteiger partial charge in [0.25, 0.3) is 5.91 Å². The first-order valence-corrected chi connectivity index (χ1v) is 3.93. The molecule has 0 aromatic carbocycles. The minimum Gasteiger partial charge on any atom is -0.507 e. The van der Waals surface area contributed by atoms with Gasteiger partial charge in [-0.2, -0.15) is 0 Å². The van der Waals surface area contributed by atoms with Crippen LogP contribution < -0.4 is 16.5 Å². The Kier molecular flexibility index (Phi) is 3.05. The number of hydroxylamine groups is 1. The van der Waals surface area contributed by atoms with E-state index in [1.807, 2.05) is 5.48 Å². The van der Waals surface area contributed by atoms with Crippen molar-refractivity contribution in [1.29, 1.82) is 0 Å². The van der Waals surface area contributed by atoms with Crippen molar-refractivity contribution in [1.82, 2.24) is 10.8 Å². The highest BCUT2D eigenvalue weighted by molar-refractivity contribution is 5.98. The highest BCUT2D eigenvalue weighted by atomic mass is 16.7. The van der Waals surface area contributed by atoms with Crippen molar-refractivity contribution in [2.24, 2.45) is 5.73 Å². The van der Waals surface area contributed by atoms with E-state index in [-0.39, 0.29) is 18.1 Å². The molecule has 0 fully saturated rings. The Balaban J connectivity index is 2.75. The van der Waals surface area contributed by atoms with Gasteiger partial charge in [0.05, 0.1) is 6.04 Å². The molecule has 78 valence electrons. The molecule has 1 aliphatic heterocycles. The Morgan fingerprint density at radius 3 is 2.93 bits per heavy atom. The van der Waals surface area contributed by atoms with Gasteiger partial charge in [-0.05, 0) is 6.92 Å². The third-order valence-corrected chi connectivity index (χ3v) is 1.55. The van der Waals surface area contributed by atoms with E-state index in [2.05, 4.69) is 10.2 Å². The van der Waals surface area contributed by atoms with Crippen LogP contribution in [-0.4, -0.2) is 29.6 Å². The fourth-order valence-corrected chi connectivity index (χ4v) is 0.790. The van der Waals surface area contributed by atoms with Crippen molar-refractivity contribution >= 4 is 11.8 Å². The van der Waals surface area contributed by atoms with Crippen molar-refractivity contribution in [3.05, 3.63) is 11.5 Å². The second kappa shape index (κ2) is 4.07. The monoisotopic (exact) mass is 201 g/mol. The molecule has 5 N–H and O–H groups in total. The van der Waals surface area contributed by atoms with E-state index in [4.69, 9.17) is 5.73 Å². The lowest BCUT2D eigenvalue weighted by Crippen LogP contribution is -2.45. The smallest absolute Gasteiger partial charge is 0.294 e. The predicted molar refractivity (Wildman–Crippen MR) is 45.5 cm³/mol. The zero-order chi connectivity index (χ0) is 10.7. The van der Waals surface area contributed by atoms with Crippen molar-refractivity contribution in [2.75, 3.05) is 6.61 Å². The van der Waals surface area contributed by atoms with E-state index in [0.29, 0.717) is 0 Å². The first kappa shape index (κ1) is 10.5. The lowest BCUT2D eigenvalue weighted by Gasteiger charge is -2.17.